The average Bonchev–Trinajstić information content (AvgIpc) is 3.01. The Morgan fingerprint density at radius 2 is 2.14 bits per heavy atom. The van der Waals surface area contributed by atoms with E-state index >= 15 is 0 Å². The van der Waals surface area contributed by atoms with Gasteiger partial charge in [0.2, 0.25) is 0 Å². The Morgan fingerprint density at radius 1 is 1.33 bits per heavy atom. The zero-order valence-corrected chi connectivity index (χ0v) is 12.6. The van der Waals surface area contributed by atoms with Crippen LogP contribution in [0.2, 0.25) is 0 Å². The average molecular weight is 288 g/mol. The topological polar surface area (TPSA) is 84.7 Å². The first-order valence-corrected chi connectivity index (χ1v) is 7.07. The Bertz CT molecular complexity index is 622. The third-order valence-corrected chi connectivity index (χ3v) is 3.08. The van der Waals surface area contributed by atoms with Crippen LogP contribution in [-0.4, -0.2) is 39.2 Å². The van der Waals surface area contributed by atoms with Gasteiger partial charge in [0.15, 0.2) is 11.5 Å². The fourth-order valence-electron chi connectivity index (χ4n) is 2.01. The molecular formula is C14H20N6O. The zero-order chi connectivity index (χ0) is 15.2. The molecule has 0 aromatic carbocycles. The molecular weight excluding hydrogens is 268 g/mol. The predicted molar refractivity (Wildman–Crippen MR) is 80.7 cm³/mol. The molecule has 0 atom stereocenters. The number of anilines is 1. The molecule has 2 aromatic rings. The Balaban J connectivity index is 2.38. The maximum Gasteiger partial charge on any atom is 0.271 e. The van der Waals surface area contributed by atoms with Crippen molar-refractivity contribution in [1.82, 2.24) is 25.1 Å². The third kappa shape index (κ3) is 3.18. The van der Waals surface area contributed by atoms with E-state index in [1.54, 1.807) is 24.0 Å². The summed E-state index contributed by atoms with van der Waals surface area (Å²) < 4.78 is 1.61. The van der Waals surface area contributed by atoms with Crippen molar-refractivity contribution in [3.63, 3.8) is 0 Å². The highest BCUT2D eigenvalue weighted by molar-refractivity contribution is 5.91. The molecule has 0 spiro atoms. The monoisotopic (exact) mass is 288 g/mol. The number of nitrogens with one attached hydrogen (secondary N) is 2. The number of aromatic nitrogens is 4. The van der Waals surface area contributed by atoms with Gasteiger partial charge in [0, 0.05) is 25.4 Å². The third-order valence-electron chi connectivity index (χ3n) is 3.08. The maximum atomic E-state index is 11.6. The van der Waals surface area contributed by atoms with Gasteiger partial charge in [-0.2, -0.15) is 5.10 Å². The van der Waals surface area contributed by atoms with Crippen molar-refractivity contribution >= 4 is 11.7 Å². The van der Waals surface area contributed by atoms with Gasteiger partial charge < -0.3 is 10.6 Å². The van der Waals surface area contributed by atoms with Crippen LogP contribution in [0.4, 0.5) is 5.82 Å². The molecule has 0 aliphatic heterocycles. The van der Waals surface area contributed by atoms with Crippen LogP contribution in [0, 0.1) is 0 Å². The summed E-state index contributed by atoms with van der Waals surface area (Å²) in [6.07, 6.45) is 5.03. The highest BCUT2D eigenvalue weighted by Gasteiger charge is 2.14. The summed E-state index contributed by atoms with van der Waals surface area (Å²) in [4.78, 5) is 20.2. The minimum atomic E-state index is -0.217. The van der Waals surface area contributed by atoms with Crippen molar-refractivity contribution in [3.8, 4) is 5.82 Å². The molecule has 0 bridgehead atoms. The highest BCUT2D eigenvalue weighted by Crippen LogP contribution is 2.19. The lowest BCUT2D eigenvalue weighted by Crippen LogP contribution is -2.19. The van der Waals surface area contributed by atoms with Gasteiger partial charge in [-0.1, -0.05) is 13.8 Å². The molecule has 1 amide bonds. The Labute approximate surface area is 123 Å². The number of amides is 1. The van der Waals surface area contributed by atoms with Crippen molar-refractivity contribution in [1.29, 1.82) is 0 Å². The zero-order valence-electron chi connectivity index (χ0n) is 12.6. The normalized spacial score (nSPS) is 10.4. The van der Waals surface area contributed by atoms with E-state index in [0.29, 0.717) is 11.5 Å². The summed E-state index contributed by atoms with van der Waals surface area (Å²) in [6.45, 7) is 5.00. The molecule has 112 valence electrons. The summed E-state index contributed by atoms with van der Waals surface area (Å²) in [5.74, 6) is 1.30. The first-order chi connectivity index (χ1) is 10.2. The van der Waals surface area contributed by atoms with E-state index in [0.717, 1.165) is 30.8 Å². The van der Waals surface area contributed by atoms with Gasteiger partial charge in [-0.25, -0.2) is 14.6 Å². The first-order valence-electron chi connectivity index (χ1n) is 7.07. The second-order valence-corrected chi connectivity index (χ2v) is 4.53. The van der Waals surface area contributed by atoms with Crippen LogP contribution < -0.4 is 10.6 Å². The van der Waals surface area contributed by atoms with Crippen molar-refractivity contribution in [3.05, 3.63) is 29.8 Å². The Morgan fingerprint density at radius 3 is 2.81 bits per heavy atom. The molecule has 0 fully saturated rings. The largest absolute Gasteiger partial charge is 0.370 e. The Hall–Kier alpha value is -2.44. The molecule has 0 saturated carbocycles. The quantitative estimate of drug-likeness (QED) is 0.839. The van der Waals surface area contributed by atoms with Crippen LogP contribution >= 0.6 is 0 Å². The fourth-order valence-corrected chi connectivity index (χ4v) is 2.01. The first kappa shape index (κ1) is 15.0. The molecule has 2 rings (SSSR count). The molecule has 0 saturated heterocycles. The number of rotatable bonds is 6. The van der Waals surface area contributed by atoms with E-state index in [-0.39, 0.29) is 5.91 Å². The minimum Gasteiger partial charge on any atom is -0.370 e. The summed E-state index contributed by atoms with van der Waals surface area (Å²) in [5, 5.41) is 10.1. The molecule has 7 nitrogen and oxygen atoms in total. The smallest absolute Gasteiger partial charge is 0.271 e. The second kappa shape index (κ2) is 6.83. The van der Waals surface area contributed by atoms with Crippen LogP contribution in [0.25, 0.3) is 5.82 Å². The maximum absolute atomic E-state index is 11.6. The number of carbonyl (C=O) groups is 1. The molecule has 0 unspecified atom stereocenters. The van der Waals surface area contributed by atoms with Crippen molar-refractivity contribution in [2.45, 2.75) is 26.7 Å². The van der Waals surface area contributed by atoms with E-state index in [1.165, 1.54) is 6.33 Å². The van der Waals surface area contributed by atoms with Crippen molar-refractivity contribution in [2.24, 2.45) is 0 Å². The lowest BCUT2D eigenvalue weighted by molar-refractivity contribution is 0.0957. The van der Waals surface area contributed by atoms with E-state index in [2.05, 4.69) is 32.6 Å². The molecule has 7 heteroatoms. The number of nitrogens with zero attached hydrogens (tertiary/aromatic N) is 4. The Kier molecular flexibility index (Phi) is 4.86. The molecule has 0 radical (unpaired) electrons. The van der Waals surface area contributed by atoms with Crippen LogP contribution in [0.5, 0.6) is 0 Å². The number of carbonyl (C=O) groups excluding carboxylic acids is 1. The van der Waals surface area contributed by atoms with E-state index in [9.17, 15) is 4.79 Å². The van der Waals surface area contributed by atoms with E-state index in [4.69, 9.17) is 0 Å². The molecule has 0 aliphatic carbocycles. The minimum absolute atomic E-state index is 0.217. The number of hydrogen-bond donors (Lipinski definition) is 2. The molecule has 2 heterocycles. The van der Waals surface area contributed by atoms with E-state index < -0.39 is 0 Å². The van der Waals surface area contributed by atoms with Crippen LogP contribution in [0.3, 0.4) is 0 Å². The van der Waals surface area contributed by atoms with Crippen LogP contribution in [-0.2, 0) is 6.42 Å². The van der Waals surface area contributed by atoms with Crippen LogP contribution in [0.1, 0.15) is 36.3 Å². The summed E-state index contributed by atoms with van der Waals surface area (Å²) in [5.41, 5.74) is 1.35. The van der Waals surface area contributed by atoms with Gasteiger partial charge >= 0.3 is 0 Å². The van der Waals surface area contributed by atoms with Gasteiger partial charge in [0.25, 0.3) is 5.91 Å². The predicted octanol–water partition coefficient (Wildman–Crippen LogP) is 1.41. The lowest BCUT2D eigenvalue weighted by atomic mass is 10.2. The SMILES string of the molecule is CCCNc1ncnc(-n2ccc(C(=O)NC)n2)c1CC. The molecule has 21 heavy (non-hydrogen) atoms. The molecule has 2 N–H and O–H groups in total. The number of hydrogen-bond acceptors (Lipinski definition) is 5. The van der Waals surface area contributed by atoms with E-state index in [1.807, 2.05) is 6.92 Å². The van der Waals surface area contributed by atoms with Crippen molar-refractivity contribution in [2.75, 3.05) is 18.9 Å². The fraction of sp³-hybridized carbons (Fsp3) is 0.429. The second-order valence-electron chi connectivity index (χ2n) is 4.53. The summed E-state index contributed by atoms with van der Waals surface area (Å²) in [6, 6.07) is 1.67. The van der Waals surface area contributed by atoms with Gasteiger partial charge in [-0.05, 0) is 18.9 Å². The van der Waals surface area contributed by atoms with Crippen molar-refractivity contribution < 1.29 is 4.79 Å². The lowest BCUT2D eigenvalue weighted by Gasteiger charge is -2.12. The van der Waals surface area contributed by atoms with Gasteiger partial charge in [0.1, 0.15) is 12.1 Å². The van der Waals surface area contributed by atoms with Gasteiger partial charge in [-0.15, -0.1) is 0 Å². The highest BCUT2D eigenvalue weighted by atomic mass is 16.1. The molecule has 0 aliphatic rings. The van der Waals surface area contributed by atoms with Gasteiger partial charge in [0.05, 0.1) is 0 Å². The summed E-state index contributed by atoms with van der Waals surface area (Å²) >= 11 is 0. The molecule has 2 aromatic heterocycles. The standard InChI is InChI=1S/C14H20N6O/c1-4-7-16-12-10(5-2)13(18-9-17-12)20-8-6-11(19-20)14(21)15-3/h6,8-9H,4-5,7H2,1-3H3,(H,15,21)(H,16,17,18). The van der Waals surface area contributed by atoms with Crippen LogP contribution in [0.15, 0.2) is 18.6 Å². The van der Waals surface area contributed by atoms with Gasteiger partial charge in [-0.3, -0.25) is 4.79 Å². The summed E-state index contributed by atoms with van der Waals surface area (Å²) in [7, 11) is 1.58.